The Morgan fingerprint density at radius 1 is 0.422 bits per heavy atom. The van der Waals surface area contributed by atoms with Gasteiger partial charge in [-0.15, -0.1) is 0 Å². The number of anilines is 3. The maximum Gasteiger partial charge on any atom is 0.145 e. The van der Waals surface area contributed by atoms with Crippen LogP contribution in [0.1, 0.15) is 25.0 Å². The number of rotatable bonds is 6. The van der Waals surface area contributed by atoms with Crippen molar-refractivity contribution in [2.45, 2.75) is 19.3 Å². The highest BCUT2D eigenvalue weighted by atomic mass is 16.3. The average Bonchev–Trinajstić information content (AvgIpc) is 3.97. The Kier molecular flexibility index (Phi) is 7.95. The van der Waals surface area contributed by atoms with E-state index in [0.29, 0.717) is 0 Å². The fourth-order valence-electron chi connectivity index (χ4n) is 10.7. The molecule has 0 spiro atoms. The smallest absolute Gasteiger partial charge is 0.145 e. The number of para-hydroxylation sites is 3. The SMILES string of the molecule is CC1(C)c2ccccc2-c2ccc(-c3ccc(N(c4ccc5c(oc6ccccc65)c4-c4cccc(-n5c6ccccc6c6ccccc65)c4)c4cccc5ccccc45)cc3)cc21. The molecule has 0 fully saturated rings. The van der Waals surface area contributed by atoms with Crippen LogP contribution in [-0.2, 0) is 5.41 Å². The van der Waals surface area contributed by atoms with E-state index in [2.05, 4.69) is 242 Å². The third kappa shape index (κ3) is 5.41. The normalized spacial score (nSPS) is 13.0. The van der Waals surface area contributed by atoms with E-state index in [1.165, 1.54) is 66.0 Å². The van der Waals surface area contributed by atoms with Gasteiger partial charge in [0.2, 0.25) is 0 Å². The quantitative estimate of drug-likeness (QED) is 0.167. The van der Waals surface area contributed by atoms with E-state index in [4.69, 9.17) is 4.42 Å². The summed E-state index contributed by atoms with van der Waals surface area (Å²) in [6.45, 7) is 4.70. The molecular formula is C61H42N2O. The van der Waals surface area contributed by atoms with Gasteiger partial charge in [0.1, 0.15) is 11.2 Å². The Labute approximate surface area is 371 Å². The van der Waals surface area contributed by atoms with Gasteiger partial charge in [-0.2, -0.15) is 0 Å². The summed E-state index contributed by atoms with van der Waals surface area (Å²) in [7, 11) is 0. The summed E-state index contributed by atoms with van der Waals surface area (Å²) in [5, 5.41) is 7.02. The van der Waals surface area contributed by atoms with E-state index in [1.807, 2.05) is 0 Å². The lowest BCUT2D eigenvalue weighted by Crippen LogP contribution is -2.14. The van der Waals surface area contributed by atoms with Crippen molar-refractivity contribution in [3.63, 3.8) is 0 Å². The van der Waals surface area contributed by atoms with Crippen LogP contribution in [0.3, 0.4) is 0 Å². The van der Waals surface area contributed by atoms with Crippen molar-refractivity contribution in [1.29, 1.82) is 0 Å². The Balaban J connectivity index is 1.03. The van der Waals surface area contributed by atoms with Crippen LogP contribution in [-0.4, -0.2) is 4.57 Å². The maximum absolute atomic E-state index is 6.98. The molecule has 0 aliphatic heterocycles. The number of aromatic nitrogens is 1. The molecule has 0 amide bonds. The fraction of sp³-hybridized carbons (Fsp3) is 0.0492. The number of nitrogens with zero attached hydrogens (tertiary/aromatic N) is 2. The molecule has 1 aliphatic carbocycles. The van der Waals surface area contributed by atoms with Crippen molar-refractivity contribution in [1.82, 2.24) is 4.57 Å². The molecule has 3 heteroatoms. The second-order valence-electron chi connectivity index (χ2n) is 17.7. The van der Waals surface area contributed by atoms with Gasteiger partial charge < -0.3 is 13.9 Å². The first-order chi connectivity index (χ1) is 31.5. The maximum atomic E-state index is 6.98. The highest BCUT2D eigenvalue weighted by Gasteiger charge is 2.35. The molecule has 0 radical (unpaired) electrons. The zero-order valence-electron chi connectivity index (χ0n) is 35.6. The third-order valence-electron chi connectivity index (χ3n) is 13.8. The molecule has 12 aromatic rings. The molecule has 13 rings (SSSR count). The lowest BCUT2D eigenvalue weighted by Gasteiger charge is -2.29. The third-order valence-corrected chi connectivity index (χ3v) is 13.8. The minimum atomic E-state index is -0.0718. The van der Waals surface area contributed by atoms with Gasteiger partial charge in [-0.3, -0.25) is 0 Å². The van der Waals surface area contributed by atoms with Gasteiger partial charge in [0.15, 0.2) is 0 Å². The molecule has 1 aliphatic rings. The topological polar surface area (TPSA) is 21.3 Å². The Morgan fingerprint density at radius 3 is 1.88 bits per heavy atom. The molecule has 0 N–H and O–H groups in total. The van der Waals surface area contributed by atoms with E-state index in [-0.39, 0.29) is 5.41 Å². The van der Waals surface area contributed by atoms with Crippen molar-refractivity contribution in [3.05, 3.63) is 230 Å². The van der Waals surface area contributed by atoms with Gasteiger partial charge >= 0.3 is 0 Å². The zero-order chi connectivity index (χ0) is 42.5. The molecule has 0 atom stereocenters. The second-order valence-corrected chi connectivity index (χ2v) is 17.7. The van der Waals surface area contributed by atoms with Gasteiger partial charge in [0.05, 0.1) is 22.4 Å². The van der Waals surface area contributed by atoms with Crippen LogP contribution in [0.4, 0.5) is 17.1 Å². The Morgan fingerprint density at radius 2 is 1.06 bits per heavy atom. The molecule has 3 nitrogen and oxygen atoms in total. The Bertz CT molecular complexity index is 3770. The van der Waals surface area contributed by atoms with Gasteiger partial charge in [0.25, 0.3) is 0 Å². The fourth-order valence-corrected chi connectivity index (χ4v) is 10.7. The van der Waals surface area contributed by atoms with E-state index in [1.54, 1.807) is 0 Å². The summed E-state index contributed by atoms with van der Waals surface area (Å²) in [6, 6.07) is 79.6. The monoisotopic (exact) mass is 818 g/mol. The van der Waals surface area contributed by atoms with Gasteiger partial charge in [-0.05, 0) is 111 Å². The van der Waals surface area contributed by atoms with Crippen molar-refractivity contribution >= 4 is 71.6 Å². The highest BCUT2D eigenvalue weighted by Crippen LogP contribution is 2.51. The molecular weight excluding hydrogens is 777 g/mol. The number of hydrogen-bond acceptors (Lipinski definition) is 2. The number of fused-ring (bicyclic) bond motifs is 10. The largest absolute Gasteiger partial charge is 0.455 e. The standard InChI is InChI=1S/C61H42N2O/c1-61(2)52-24-9-5-20-46(52)47-34-31-41(38-53(47)61)39-29-32-43(33-30-39)62(54-27-14-16-40-15-3-4-19-45(40)54)57-36-35-51-50-23-8-12-28-58(50)64-60(51)59(57)42-17-13-18-44(37-42)63-55-25-10-6-21-48(55)49-22-7-11-26-56(49)63/h3-38H,1-2H3. The molecule has 0 saturated carbocycles. The minimum absolute atomic E-state index is 0.0718. The van der Waals surface area contributed by atoms with Crippen LogP contribution >= 0.6 is 0 Å². The number of benzene rings is 10. The minimum Gasteiger partial charge on any atom is -0.455 e. The summed E-state index contributed by atoms with van der Waals surface area (Å²) in [5.74, 6) is 0. The van der Waals surface area contributed by atoms with Crippen LogP contribution < -0.4 is 4.90 Å². The molecule has 0 unspecified atom stereocenters. The first-order valence-electron chi connectivity index (χ1n) is 22.2. The molecule has 10 aromatic carbocycles. The van der Waals surface area contributed by atoms with Crippen LogP contribution in [0.2, 0.25) is 0 Å². The lowest BCUT2D eigenvalue weighted by molar-refractivity contribution is 0.660. The van der Waals surface area contributed by atoms with Gasteiger partial charge in [-0.1, -0.05) is 166 Å². The first kappa shape index (κ1) is 36.5. The second kappa shape index (κ2) is 13.9. The molecule has 2 heterocycles. The predicted molar refractivity (Wildman–Crippen MR) is 269 cm³/mol. The van der Waals surface area contributed by atoms with Crippen molar-refractivity contribution in [2.75, 3.05) is 4.90 Å². The molecule has 0 saturated heterocycles. The first-order valence-corrected chi connectivity index (χ1v) is 22.2. The molecule has 302 valence electrons. The predicted octanol–water partition coefficient (Wildman–Crippen LogP) is 16.9. The summed E-state index contributed by atoms with van der Waals surface area (Å²) >= 11 is 0. The van der Waals surface area contributed by atoms with Gasteiger partial charge in [0, 0.05) is 49.3 Å². The number of hydrogen-bond donors (Lipinski definition) is 0. The number of furan rings is 1. The average molecular weight is 819 g/mol. The summed E-state index contributed by atoms with van der Waals surface area (Å²) < 4.78 is 9.37. The van der Waals surface area contributed by atoms with E-state index in [9.17, 15) is 0 Å². The Hall–Kier alpha value is -8.14. The van der Waals surface area contributed by atoms with Gasteiger partial charge in [-0.25, -0.2) is 0 Å². The van der Waals surface area contributed by atoms with Crippen LogP contribution in [0.25, 0.3) is 93.6 Å². The van der Waals surface area contributed by atoms with Crippen molar-refractivity contribution in [3.8, 4) is 39.1 Å². The van der Waals surface area contributed by atoms with Crippen LogP contribution in [0, 0.1) is 0 Å². The molecule has 2 aromatic heterocycles. The van der Waals surface area contributed by atoms with Crippen LogP contribution in [0.15, 0.2) is 223 Å². The van der Waals surface area contributed by atoms with E-state index >= 15 is 0 Å². The molecule has 64 heavy (non-hydrogen) atoms. The van der Waals surface area contributed by atoms with E-state index in [0.717, 1.165) is 55.8 Å². The van der Waals surface area contributed by atoms with Crippen molar-refractivity contribution in [2.24, 2.45) is 0 Å². The lowest BCUT2D eigenvalue weighted by atomic mass is 9.81. The van der Waals surface area contributed by atoms with Crippen LogP contribution in [0.5, 0.6) is 0 Å². The summed E-state index contributed by atoms with van der Waals surface area (Å²) in [6.07, 6.45) is 0. The van der Waals surface area contributed by atoms with Crippen molar-refractivity contribution < 1.29 is 4.42 Å². The molecule has 0 bridgehead atoms. The summed E-state index contributed by atoms with van der Waals surface area (Å²) in [4.78, 5) is 2.43. The zero-order valence-corrected chi connectivity index (χ0v) is 35.6. The summed E-state index contributed by atoms with van der Waals surface area (Å²) in [5.41, 5.74) is 18.2. The van der Waals surface area contributed by atoms with E-state index < -0.39 is 0 Å². The highest BCUT2D eigenvalue weighted by molar-refractivity contribution is 6.14.